The topological polar surface area (TPSA) is 93.5 Å². The van der Waals surface area contributed by atoms with Gasteiger partial charge in [0, 0.05) is 42.5 Å². The van der Waals surface area contributed by atoms with Crippen molar-refractivity contribution in [1.82, 2.24) is 19.2 Å². The van der Waals surface area contributed by atoms with Crippen LogP contribution in [0.1, 0.15) is 35.7 Å². The molecular weight excluding hydrogens is 553 g/mol. The van der Waals surface area contributed by atoms with Crippen LogP contribution in [0.25, 0.3) is 11.1 Å². The van der Waals surface area contributed by atoms with E-state index in [0.717, 1.165) is 32.5 Å². The Bertz CT molecular complexity index is 1480. The maximum absolute atomic E-state index is 13.5. The van der Waals surface area contributed by atoms with Crippen molar-refractivity contribution in [3.05, 3.63) is 58.5 Å². The van der Waals surface area contributed by atoms with Crippen molar-refractivity contribution in [1.29, 1.82) is 0 Å². The molecule has 1 spiro atoms. The first-order chi connectivity index (χ1) is 18.3. The van der Waals surface area contributed by atoms with Gasteiger partial charge in [0.15, 0.2) is 0 Å². The van der Waals surface area contributed by atoms with Gasteiger partial charge in [0.2, 0.25) is 5.82 Å². The first-order valence-electron chi connectivity index (χ1n) is 12.5. The summed E-state index contributed by atoms with van der Waals surface area (Å²) in [5.41, 5.74) is 2.45. The zero-order valence-electron chi connectivity index (χ0n) is 21.7. The highest BCUT2D eigenvalue weighted by Crippen LogP contribution is 2.41. The minimum absolute atomic E-state index is 0.0417. The third kappa shape index (κ3) is 5.44. The lowest BCUT2D eigenvalue weighted by atomic mass is 9.78. The minimum atomic E-state index is -4.57. The van der Waals surface area contributed by atoms with E-state index in [1.807, 2.05) is 20.8 Å². The van der Waals surface area contributed by atoms with E-state index in [1.165, 1.54) is 11.1 Å². The fraction of sp³-hybridized carbons (Fsp3) is 0.462. The van der Waals surface area contributed by atoms with Crippen molar-refractivity contribution >= 4 is 27.4 Å². The third-order valence-corrected chi connectivity index (χ3v) is 10.1. The molecule has 13 heteroatoms. The summed E-state index contributed by atoms with van der Waals surface area (Å²) in [6.45, 7) is 7.96. The molecular formula is C26H29F3N4O4S2. The second-order valence-electron chi connectivity index (χ2n) is 10.7. The first kappa shape index (κ1) is 27.7. The lowest BCUT2D eigenvalue weighted by Crippen LogP contribution is -2.68. The van der Waals surface area contributed by atoms with Crippen LogP contribution >= 0.6 is 11.3 Å². The summed E-state index contributed by atoms with van der Waals surface area (Å²) in [6.07, 6.45) is -1.53. The second kappa shape index (κ2) is 9.93. The maximum Gasteiger partial charge on any atom is 0.449 e. The standard InChI is InChI=1S/C26H29F3N4O4S2/c1-16(2)10-20-17(3)21(19-6-4-18(5-7-19)11-32-9-8-30-23(32)26(27,28)29)22(38-20)39(35,36)31-24(34)33-12-25(13-33)14-37-15-25/h4-9,16H,10-15H2,1-3H3,(H,31,34). The van der Waals surface area contributed by atoms with Gasteiger partial charge in [0.1, 0.15) is 4.21 Å². The molecule has 210 valence electrons. The van der Waals surface area contributed by atoms with Gasteiger partial charge in [-0.1, -0.05) is 38.1 Å². The normalized spacial score (nSPS) is 16.8. The molecule has 5 rings (SSSR count). The van der Waals surface area contributed by atoms with E-state index >= 15 is 0 Å². The molecule has 0 unspecified atom stereocenters. The Labute approximate surface area is 228 Å². The van der Waals surface area contributed by atoms with Gasteiger partial charge in [-0.15, -0.1) is 11.3 Å². The van der Waals surface area contributed by atoms with E-state index in [-0.39, 0.29) is 22.1 Å². The summed E-state index contributed by atoms with van der Waals surface area (Å²) < 4.78 is 75.2. The van der Waals surface area contributed by atoms with E-state index in [2.05, 4.69) is 9.71 Å². The number of urea groups is 1. The van der Waals surface area contributed by atoms with E-state index in [0.29, 0.717) is 49.4 Å². The molecule has 39 heavy (non-hydrogen) atoms. The smallest absolute Gasteiger partial charge is 0.380 e. The lowest BCUT2D eigenvalue weighted by molar-refractivity contribution is -0.174. The molecule has 0 atom stereocenters. The Morgan fingerprint density at radius 2 is 1.87 bits per heavy atom. The van der Waals surface area contributed by atoms with Crippen molar-refractivity contribution in [3.63, 3.8) is 0 Å². The van der Waals surface area contributed by atoms with Gasteiger partial charge < -0.3 is 14.2 Å². The number of hydrogen-bond acceptors (Lipinski definition) is 6. The van der Waals surface area contributed by atoms with E-state index in [4.69, 9.17) is 4.74 Å². The fourth-order valence-corrected chi connectivity index (χ4v) is 8.12. The number of likely N-dealkylation sites (tertiary alicyclic amines) is 1. The Hall–Kier alpha value is -2.90. The van der Waals surface area contributed by atoms with Crippen LogP contribution < -0.4 is 4.72 Å². The number of halogens is 3. The number of carbonyl (C=O) groups is 1. The number of ether oxygens (including phenoxy) is 1. The van der Waals surface area contributed by atoms with Crippen LogP contribution in [0.2, 0.25) is 0 Å². The Kier molecular flexibility index (Phi) is 7.04. The summed E-state index contributed by atoms with van der Waals surface area (Å²) in [5, 5.41) is 0. The number of amides is 2. The van der Waals surface area contributed by atoms with Crippen LogP contribution in [0.5, 0.6) is 0 Å². The van der Waals surface area contributed by atoms with Crippen molar-refractivity contribution in [3.8, 4) is 11.1 Å². The maximum atomic E-state index is 13.5. The molecule has 2 aliphatic rings. The summed E-state index contributed by atoms with van der Waals surface area (Å²) in [4.78, 5) is 18.6. The van der Waals surface area contributed by atoms with Gasteiger partial charge in [0.05, 0.1) is 18.6 Å². The third-order valence-electron chi connectivity index (χ3n) is 6.99. The van der Waals surface area contributed by atoms with Crippen LogP contribution in [-0.4, -0.2) is 55.2 Å². The number of aromatic nitrogens is 2. The minimum Gasteiger partial charge on any atom is -0.380 e. The average Bonchev–Trinajstić information content (AvgIpc) is 3.37. The van der Waals surface area contributed by atoms with Gasteiger partial charge >= 0.3 is 12.2 Å². The molecule has 0 aliphatic carbocycles. The van der Waals surface area contributed by atoms with E-state index in [1.54, 1.807) is 24.3 Å². The largest absolute Gasteiger partial charge is 0.449 e. The molecule has 1 N–H and O–H groups in total. The highest BCUT2D eigenvalue weighted by molar-refractivity contribution is 7.92. The van der Waals surface area contributed by atoms with Crippen LogP contribution in [-0.2, 0) is 33.9 Å². The highest BCUT2D eigenvalue weighted by Gasteiger charge is 2.51. The highest BCUT2D eigenvalue weighted by atomic mass is 32.2. The number of rotatable bonds is 7. The summed E-state index contributed by atoms with van der Waals surface area (Å²) in [5.74, 6) is -0.705. The molecule has 0 saturated carbocycles. The van der Waals surface area contributed by atoms with Gasteiger partial charge in [-0.3, -0.25) is 0 Å². The number of alkyl halides is 3. The van der Waals surface area contributed by atoms with Crippen LogP contribution in [0.15, 0.2) is 40.9 Å². The Morgan fingerprint density at radius 3 is 2.44 bits per heavy atom. The lowest BCUT2D eigenvalue weighted by Gasteiger charge is -2.54. The number of imidazole rings is 1. The van der Waals surface area contributed by atoms with Crippen molar-refractivity contribution < 1.29 is 31.1 Å². The molecule has 2 saturated heterocycles. The van der Waals surface area contributed by atoms with Gasteiger partial charge in [0.25, 0.3) is 10.0 Å². The second-order valence-corrected chi connectivity index (χ2v) is 13.7. The van der Waals surface area contributed by atoms with Gasteiger partial charge in [-0.05, 0) is 36.0 Å². The zero-order chi connectivity index (χ0) is 28.2. The number of nitrogens with one attached hydrogen (secondary N) is 1. The predicted octanol–water partition coefficient (Wildman–Crippen LogP) is 4.92. The van der Waals surface area contributed by atoms with Crippen LogP contribution in [0.4, 0.5) is 18.0 Å². The van der Waals surface area contributed by atoms with Crippen LogP contribution in [0, 0.1) is 18.3 Å². The number of benzene rings is 1. The SMILES string of the molecule is Cc1c(CC(C)C)sc(S(=O)(=O)NC(=O)N2CC3(COC3)C2)c1-c1ccc(Cn2ccnc2C(F)(F)F)cc1. The first-order valence-corrected chi connectivity index (χ1v) is 14.8. The average molecular weight is 583 g/mol. The van der Waals surface area contributed by atoms with Crippen molar-refractivity contribution in [2.45, 2.75) is 44.1 Å². The predicted molar refractivity (Wildman–Crippen MR) is 140 cm³/mol. The van der Waals surface area contributed by atoms with Crippen molar-refractivity contribution in [2.75, 3.05) is 26.3 Å². The molecule has 2 fully saturated rings. The van der Waals surface area contributed by atoms with Crippen LogP contribution in [0.3, 0.4) is 0 Å². The quantitative estimate of drug-likeness (QED) is 0.427. The molecule has 8 nitrogen and oxygen atoms in total. The summed E-state index contributed by atoms with van der Waals surface area (Å²) in [6, 6.07) is 6.08. The molecule has 3 aromatic rings. The zero-order valence-corrected chi connectivity index (χ0v) is 23.3. The number of carbonyl (C=O) groups excluding carboxylic acids is 1. The van der Waals surface area contributed by atoms with E-state index < -0.39 is 28.1 Å². The number of sulfonamides is 1. The molecule has 1 aromatic carbocycles. The molecule has 0 bridgehead atoms. The molecule has 4 heterocycles. The monoisotopic (exact) mass is 582 g/mol. The molecule has 2 amide bonds. The molecule has 2 aliphatic heterocycles. The Balaban J connectivity index is 1.42. The van der Waals surface area contributed by atoms with E-state index in [9.17, 15) is 26.4 Å². The summed E-state index contributed by atoms with van der Waals surface area (Å²) >= 11 is 1.15. The van der Waals surface area contributed by atoms with Crippen molar-refractivity contribution in [2.24, 2.45) is 11.3 Å². The number of thiophene rings is 1. The fourth-order valence-electron chi connectivity index (χ4n) is 4.99. The number of hydrogen-bond donors (Lipinski definition) is 1. The molecule has 0 radical (unpaired) electrons. The Morgan fingerprint density at radius 1 is 1.21 bits per heavy atom. The van der Waals surface area contributed by atoms with Gasteiger partial charge in [-0.25, -0.2) is 22.9 Å². The summed E-state index contributed by atoms with van der Waals surface area (Å²) in [7, 11) is -4.19. The number of nitrogens with zero attached hydrogens (tertiary/aromatic N) is 3. The molecule has 2 aromatic heterocycles. The van der Waals surface area contributed by atoms with Gasteiger partial charge in [-0.2, -0.15) is 13.2 Å².